The van der Waals surface area contributed by atoms with Crippen LogP contribution in [0.3, 0.4) is 0 Å². The maximum absolute atomic E-state index is 14.2. The number of rotatable bonds is 3. The molecule has 0 unspecified atom stereocenters. The number of hydrogen-bond acceptors (Lipinski definition) is 3. The number of halogens is 1. The van der Waals surface area contributed by atoms with Crippen LogP contribution in [0.15, 0.2) is 18.2 Å². The Morgan fingerprint density at radius 3 is 2.48 bits per heavy atom. The van der Waals surface area contributed by atoms with Gasteiger partial charge in [-0.05, 0) is 52.7 Å². The van der Waals surface area contributed by atoms with Gasteiger partial charge in [0.25, 0.3) is 0 Å². The van der Waals surface area contributed by atoms with E-state index in [1.165, 1.54) is 6.07 Å². The van der Waals surface area contributed by atoms with Crippen molar-refractivity contribution in [2.24, 2.45) is 0 Å². The average molecular weight is 294 g/mol. The average Bonchev–Trinajstić information content (AvgIpc) is 2.36. The van der Waals surface area contributed by atoms with Gasteiger partial charge in [0.05, 0.1) is 5.60 Å². The van der Waals surface area contributed by atoms with Crippen molar-refractivity contribution >= 4 is 5.69 Å². The first-order valence-corrected chi connectivity index (χ1v) is 7.68. The fourth-order valence-corrected chi connectivity index (χ4v) is 2.60. The first-order chi connectivity index (χ1) is 9.68. The first-order valence-electron chi connectivity index (χ1n) is 7.68. The molecule has 21 heavy (non-hydrogen) atoms. The van der Waals surface area contributed by atoms with E-state index in [-0.39, 0.29) is 11.4 Å². The fourth-order valence-electron chi connectivity index (χ4n) is 2.60. The van der Waals surface area contributed by atoms with Gasteiger partial charge in [-0.2, -0.15) is 0 Å². The molecule has 0 aliphatic carbocycles. The summed E-state index contributed by atoms with van der Waals surface area (Å²) in [5.41, 5.74) is 1.02. The fraction of sp³-hybridized carbons (Fsp3) is 0.647. The summed E-state index contributed by atoms with van der Waals surface area (Å²) in [5, 5.41) is 13.4. The molecule has 1 fully saturated rings. The van der Waals surface area contributed by atoms with Crippen LogP contribution in [0.25, 0.3) is 0 Å². The molecule has 4 heteroatoms. The third-order valence-electron chi connectivity index (χ3n) is 4.07. The van der Waals surface area contributed by atoms with Crippen molar-refractivity contribution in [3.05, 3.63) is 29.6 Å². The third kappa shape index (κ3) is 4.42. The third-order valence-corrected chi connectivity index (χ3v) is 4.07. The lowest BCUT2D eigenvalue weighted by Crippen LogP contribution is -2.43. The lowest BCUT2D eigenvalue weighted by Gasteiger charge is -2.38. The second-order valence-corrected chi connectivity index (χ2v) is 7.33. The van der Waals surface area contributed by atoms with Crippen molar-refractivity contribution in [3.63, 3.8) is 0 Å². The van der Waals surface area contributed by atoms with Crippen LogP contribution >= 0.6 is 0 Å². The molecule has 1 saturated heterocycles. The number of nitrogens with one attached hydrogen (secondary N) is 1. The van der Waals surface area contributed by atoms with Gasteiger partial charge in [0.2, 0.25) is 0 Å². The molecule has 3 nitrogen and oxygen atoms in total. The number of piperidine rings is 1. The molecule has 0 atom stereocenters. The molecule has 0 radical (unpaired) electrons. The van der Waals surface area contributed by atoms with E-state index in [0.717, 1.165) is 31.6 Å². The van der Waals surface area contributed by atoms with Crippen LogP contribution in [0.2, 0.25) is 0 Å². The number of nitrogens with zero attached hydrogens (tertiary/aromatic N) is 1. The van der Waals surface area contributed by atoms with E-state index in [9.17, 15) is 9.50 Å². The molecule has 0 amide bonds. The standard InChI is InChI=1S/C17H27FN2O/c1-16(2,3)19-12-13-14(18)6-5-7-15(13)20-10-8-17(4,21)9-11-20/h5-7,19,21H,8-12H2,1-4H3. The Balaban J connectivity index is 2.18. The van der Waals surface area contributed by atoms with Gasteiger partial charge in [-0.25, -0.2) is 4.39 Å². The molecule has 0 saturated carbocycles. The summed E-state index contributed by atoms with van der Waals surface area (Å²) >= 11 is 0. The minimum absolute atomic E-state index is 0.0505. The Morgan fingerprint density at radius 1 is 1.29 bits per heavy atom. The molecule has 1 heterocycles. The van der Waals surface area contributed by atoms with Crippen LogP contribution in [0.4, 0.5) is 10.1 Å². The Labute approximate surface area is 127 Å². The zero-order valence-electron chi connectivity index (χ0n) is 13.5. The Hall–Kier alpha value is -1.13. The van der Waals surface area contributed by atoms with Crippen molar-refractivity contribution in [2.45, 2.75) is 58.2 Å². The summed E-state index contributed by atoms with van der Waals surface area (Å²) < 4.78 is 14.2. The molecular formula is C17H27FN2O. The molecular weight excluding hydrogens is 267 g/mol. The van der Waals surface area contributed by atoms with Crippen LogP contribution < -0.4 is 10.2 Å². The number of anilines is 1. The molecule has 0 aromatic heterocycles. The molecule has 2 N–H and O–H groups in total. The summed E-state index contributed by atoms with van der Waals surface area (Å²) in [5.74, 6) is -0.165. The predicted octanol–water partition coefficient (Wildman–Crippen LogP) is 3.07. The van der Waals surface area contributed by atoms with E-state index in [2.05, 4.69) is 31.0 Å². The second kappa shape index (κ2) is 5.93. The SMILES string of the molecule is CC1(O)CCN(c2cccc(F)c2CNC(C)(C)C)CC1. The maximum Gasteiger partial charge on any atom is 0.129 e. The predicted molar refractivity (Wildman–Crippen MR) is 85.1 cm³/mol. The van der Waals surface area contributed by atoms with E-state index in [1.54, 1.807) is 6.07 Å². The summed E-state index contributed by atoms with van der Waals surface area (Å²) in [6.45, 7) is 10.1. The van der Waals surface area contributed by atoms with Gasteiger partial charge in [-0.1, -0.05) is 6.07 Å². The molecule has 2 rings (SSSR count). The van der Waals surface area contributed by atoms with Gasteiger partial charge in [0.15, 0.2) is 0 Å². The van der Waals surface area contributed by atoms with Crippen molar-refractivity contribution in [1.29, 1.82) is 0 Å². The van der Waals surface area contributed by atoms with Gasteiger partial charge in [0, 0.05) is 36.4 Å². The normalized spacial score (nSPS) is 18.9. The molecule has 0 spiro atoms. The van der Waals surface area contributed by atoms with E-state index in [4.69, 9.17) is 0 Å². The van der Waals surface area contributed by atoms with Gasteiger partial charge in [-0.15, -0.1) is 0 Å². The molecule has 1 aromatic rings. The molecule has 1 aliphatic rings. The van der Waals surface area contributed by atoms with E-state index in [0.29, 0.717) is 12.1 Å². The number of benzene rings is 1. The topological polar surface area (TPSA) is 35.5 Å². The summed E-state index contributed by atoms with van der Waals surface area (Å²) in [4.78, 5) is 2.18. The Morgan fingerprint density at radius 2 is 1.90 bits per heavy atom. The van der Waals surface area contributed by atoms with Crippen molar-refractivity contribution in [3.8, 4) is 0 Å². The van der Waals surface area contributed by atoms with Crippen LogP contribution in [-0.2, 0) is 6.54 Å². The summed E-state index contributed by atoms with van der Waals surface area (Å²) in [7, 11) is 0. The van der Waals surface area contributed by atoms with E-state index >= 15 is 0 Å². The van der Waals surface area contributed by atoms with Gasteiger partial charge in [-0.3, -0.25) is 0 Å². The zero-order valence-corrected chi connectivity index (χ0v) is 13.5. The van der Waals surface area contributed by atoms with Crippen LogP contribution in [0.1, 0.15) is 46.1 Å². The lowest BCUT2D eigenvalue weighted by atomic mass is 9.93. The highest BCUT2D eigenvalue weighted by atomic mass is 19.1. The quantitative estimate of drug-likeness (QED) is 0.899. The molecule has 0 bridgehead atoms. The molecule has 1 aliphatic heterocycles. The van der Waals surface area contributed by atoms with Crippen LogP contribution in [0, 0.1) is 5.82 Å². The molecule has 1 aromatic carbocycles. The zero-order chi connectivity index (χ0) is 15.7. The summed E-state index contributed by atoms with van der Waals surface area (Å²) in [6, 6.07) is 5.25. The van der Waals surface area contributed by atoms with Crippen molar-refractivity contribution < 1.29 is 9.50 Å². The van der Waals surface area contributed by atoms with Crippen molar-refractivity contribution in [2.75, 3.05) is 18.0 Å². The van der Waals surface area contributed by atoms with Crippen LogP contribution in [0.5, 0.6) is 0 Å². The second-order valence-electron chi connectivity index (χ2n) is 7.33. The smallest absolute Gasteiger partial charge is 0.129 e. The van der Waals surface area contributed by atoms with E-state index in [1.807, 2.05) is 13.0 Å². The van der Waals surface area contributed by atoms with Crippen LogP contribution in [-0.4, -0.2) is 29.3 Å². The Kier molecular flexibility index (Phi) is 4.59. The van der Waals surface area contributed by atoms with Crippen molar-refractivity contribution in [1.82, 2.24) is 5.32 Å². The highest BCUT2D eigenvalue weighted by molar-refractivity contribution is 5.54. The minimum atomic E-state index is -0.590. The van der Waals surface area contributed by atoms with Gasteiger partial charge in [0.1, 0.15) is 5.82 Å². The lowest BCUT2D eigenvalue weighted by molar-refractivity contribution is 0.0351. The minimum Gasteiger partial charge on any atom is -0.390 e. The number of hydrogen-bond donors (Lipinski definition) is 2. The van der Waals surface area contributed by atoms with Gasteiger partial charge < -0.3 is 15.3 Å². The summed E-state index contributed by atoms with van der Waals surface area (Å²) in [6.07, 6.45) is 1.44. The number of aliphatic hydroxyl groups is 1. The first kappa shape index (κ1) is 16.2. The maximum atomic E-state index is 14.2. The highest BCUT2D eigenvalue weighted by Gasteiger charge is 2.28. The van der Waals surface area contributed by atoms with Gasteiger partial charge >= 0.3 is 0 Å². The molecule has 118 valence electrons. The Bertz CT molecular complexity index is 484. The highest BCUT2D eigenvalue weighted by Crippen LogP contribution is 2.29. The monoisotopic (exact) mass is 294 g/mol. The van der Waals surface area contributed by atoms with E-state index < -0.39 is 5.60 Å². The largest absolute Gasteiger partial charge is 0.390 e.